The van der Waals surface area contributed by atoms with Crippen LogP contribution < -0.4 is 10.2 Å². The number of halogens is 1. The van der Waals surface area contributed by atoms with Crippen molar-refractivity contribution >= 4 is 35.1 Å². The molecule has 1 aromatic carbocycles. The van der Waals surface area contributed by atoms with Gasteiger partial charge < -0.3 is 15.0 Å². The first-order chi connectivity index (χ1) is 13.1. The van der Waals surface area contributed by atoms with E-state index in [9.17, 15) is 9.59 Å². The molecule has 0 radical (unpaired) electrons. The van der Waals surface area contributed by atoms with Crippen LogP contribution in [0.15, 0.2) is 30.6 Å². The normalized spacial score (nSPS) is 14.4. The standard InChI is InChI=1S/C19H21ClN4O3/c1-27-18(26)13-6-7-15(20)16(10-13)23-17(25)14-11-21-19(22-12-14)24-8-4-2-3-5-9-24/h6-7,10-12H,2-5,8-9H2,1H3,(H,23,25). The fourth-order valence-electron chi connectivity index (χ4n) is 2.93. The van der Waals surface area contributed by atoms with Gasteiger partial charge in [0.25, 0.3) is 5.91 Å². The maximum atomic E-state index is 12.5. The van der Waals surface area contributed by atoms with Crippen LogP contribution in [-0.4, -0.2) is 42.0 Å². The van der Waals surface area contributed by atoms with E-state index >= 15 is 0 Å². The second-order valence-corrected chi connectivity index (χ2v) is 6.72. The predicted octanol–water partition coefficient (Wildman–Crippen LogP) is 3.55. The van der Waals surface area contributed by atoms with E-state index in [4.69, 9.17) is 11.6 Å². The minimum absolute atomic E-state index is 0.296. The Kier molecular flexibility index (Phi) is 6.24. The molecule has 0 unspecified atom stereocenters. The maximum Gasteiger partial charge on any atom is 0.337 e. The molecule has 1 N–H and O–H groups in total. The van der Waals surface area contributed by atoms with Gasteiger partial charge in [0.05, 0.1) is 28.9 Å². The van der Waals surface area contributed by atoms with Crippen LogP contribution in [0, 0.1) is 0 Å². The van der Waals surface area contributed by atoms with Crippen molar-refractivity contribution in [2.24, 2.45) is 0 Å². The molecule has 1 aromatic heterocycles. The van der Waals surface area contributed by atoms with Gasteiger partial charge >= 0.3 is 5.97 Å². The summed E-state index contributed by atoms with van der Waals surface area (Å²) in [7, 11) is 1.29. The molecule has 0 atom stereocenters. The molecule has 8 heteroatoms. The number of methoxy groups -OCH3 is 1. The van der Waals surface area contributed by atoms with Gasteiger partial charge in [-0.1, -0.05) is 24.4 Å². The van der Waals surface area contributed by atoms with Gasteiger partial charge in [0.15, 0.2) is 0 Å². The van der Waals surface area contributed by atoms with Crippen LogP contribution in [0.5, 0.6) is 0 Å². The molecule has 142 valence electrons. The number of aromatic nitrogens is 2. The molecule has 0 saturated carbocycles. The minimum Gasteiger partial charge on any atom is -0.465 e. The molecule has 1 saturated heterocycles. The van der Waals surface area contributed by atoms with Crippen LogP contribution in [0.2, 0.25) is 5.02 Å². The topological polar surface area (TPSA) is 84.4 Å². The van der Waals surface area contributed by atoms with E-state index in [2.05, 4.69) is 24.9 Å². The van der Waals surface area contributed by atoms with Crippen molar-refractivity contribution in [1.29, 1.82) is 0 Å². The molecule has 27 heavy (non-hydrogen) atoms. The van der Waals surface area contributed by atoms with Gasteiger partial charge in [-0.3, -0.25) is 4.79 Å². The van der Waals surface area contributed by atoms with Crippen molar-refractivity contribution in [2.75, 3.05) is 30.4 Å². The molecule has 1 fully saturated rings. The van der Waals surface area contributed by atoms with Gasteiger partial charge in [0.1, 0.15) is 0 Å². The lowest BCUT2D eigenvalue weighted by atomic mass is 10.2. The molecule has 7 nitrogen and oxygen atoms in total. The summed E-state index contributed by atoms with van der Waals surface area (Å²) in [6.07, 6.45) is 7.70. The maximum absolute atomic E-state index is 12.5. The quantitative estimate of drug-likeness (QED) is 0.806. The number of rotatable bonds is 4. The number of benzene rings is 1. The second kappa shape index (κ2) is 8.81. The number of carbonyl (C=O) groups excluding carboxylic acids is 2. The zero-order valence-corrected chi connectivity index (χ0v) is 15.8. The smallest absolute Gasteiger partial charge is 0.337 e. The first-order valence-corrected chi connectivity index (χ1v) is 9.22. The van der Waals surface area contributed by atoms with E-state index in [1.165, 1.54) is 50.5 Å². The first-order valence-electron chi connectivity index (χ1n) is 8.84. The van der Waals surface area contributed by atoms with Gasteiger partial charge in [-0.15, -0.1) is 0 Å². The highest BCUT2D eigenvalue weighted by atomic mass is 35.5. The summed E-state index contributed by atoms with van der Waals surface area (Å²) < 4.78 is 4.68. The Labute approximate surface area is 162 Å². The number of amides is 1. The molecular weight excluding hydrogens is 368 g/mol. The summed E-state index contributed by atoms with van der Waals surface area (Å²) in [6, 6.07) is 4.53. The molecule has 0 spiro atoms. The Hall–Kier alpha value is -2.67. The molecule has 2 heterocycles. The van der Waals surface area contributed by atoms with Crippen molar-refractivity contribution in [3.63, 3.8) is 0 Å². The SMILES string of the molecule is COC(=O)c1ccc(Cl)c(NC(=O)c2cnc(N3CCCCCC3)nc2)c1. The monoisotopic (exact) mass is 388 g/mol. The van der Waals surface area contributed by atoms with Gasteiger partial charge in [0.2, 0.25) is 5.95 Å². The van der Waals surface area contributed by atoms with Crippen LogP contribution in [0.1, 0.15) is 46.4 Å². The fourth-order valence-corrected chi connectivity index (χ4v) is 3.10. The van der Waals surface area contributed by atoms with Crippen molar-refractivity contribution in [2.45, 2.75) is 25.7 Å². The molecule has 3 rings (SSSR count). The fraction of sp³-hybridized carbons (Fsp3) is 0.368. The average Bonchev–Trinajstić information content (AvgIpc) is 2.98. The Morgan fingerprint density at radius 2 is 1.74 bits per heavy atom. The number of carbonyl (C=O) groups is 2. The minimum atomic E-state index is -0.507. The van der Waals surface area contributed by atoms with Crippen molar-refractivity contribution in [3.8, 4) is 0 Å². The van der Waals surface area contributed by atoms with Crippen LogP contribution in [0.4, 0.5) is 11.6 Å². The third-order valence-corrected chi connectivity index (χ3v) is 4.75. The second-order valence-electron chi connectivity index (χ2n) is 6.31. The van der Waals surface area contributed by atoms with Crippen LogP contribution in [0.25, 0.3) is 0 Å². The number of nitrogens with zero attached hydrogens (tertiary/aromatic N) is 3. The molecule has 1 amide bonds. The Bertz CT molecular complexity index is 818. The predicted molar refractivity (Wildman–Crippen MR) is 103 cm³/mol. The highest BCUT2D eigenvalue weighted by Crippen LogP contribution is 2.24. The van der Waals surface area contributed by atoms with E-state index in [0.29, 0.717) is 27.8 Å². The highest BCUT2D eigenvalue weighted by Gasteiger charge is 2.15. The third-order valence-electron chi connectivity index (χ3n) is 4.42. The summed E-state index contributed by atoms with van der Waals surface area (Å²) in [5, 5.41) is 3.00. The molecular formula is C19H21ClN4O3. The van der Waals surface area contributed by atoms with E-state index in [1.807, 2.05) is 0 Å². The van der Waals surface area contributed by atoms with Gasteiger partial charge in [-0.2, -0.15) is 0 Å². The van der Waals surface area contributed by atoms with Crippen LogP contribution in [0.3, 0.4) is 0 Å². The van der Waals surface area contributed by atoms with Gasteiger partial charge in [0, 0.05) is 25.5 Å². The van der Waals surface area contributed by atoms with Gasteiger partial charge in [-0.25, -0.2) is 14.8 Å². The molecule has 0 bridgehead atoms. The van der Waals surface area contributed by atoms with Crippen LogP contribution in [-0.2, 0) is 4.74 Å². The van der Waals surface area contributed by atoms with Crippen molar-refractivity contribution in [3.05, 3.63) is 46.7 Å². The summed E-state index contributed by atoms with van der Waals surface area (Å²) in [5.41, 5.74) is 0.930. The van der Waals surface area contributed by atoms with E-state index < -0.39 is 11.9 Å². The summed E-state index contributed by atoms with van der Waals surface area (Å²) in [6.45, 7) is 1.86. The summed E-state index contributed by atoms with van der Waals surface area (Å²) >= 11 is 6.11. The van der Waals surface area contributed by atoms with Crippen molar-refractivity contribution < 1.29 is 14.3 Å². The summed E-state index contributed by atoms with van der Waals surface area (Å²) in [4.78, 5) is 34.9. The van der Waals surface area contributed by atoms with E-state index in [-0.39, 0.29) is 0 Å². The zero-order valence-electron chi connectivity index (χ0n) is 15.1. The van der Waals surface area contributed by atoms with Crippen molar-refractivity contribution in [1.82, 2.24) is 9.97 Å². The zero-order chi connectivity index (χ0) is 19.2. The Morgan fingerprint density at radius 3 is 2.37 bits per heavy atom. The number of anilines is 2. The number of hydrogen-bond acceptors (Lipinski definition) is 6. The highest BCUT2D eigenvalue weighted by molar-refractivity contribution is 6.34. The van der Waals surface area contributed by atoms with Crippen LogP contribution >= 0.6 is 11.6 Å². The molecule has 2 aromatic rings. The molecule has 0 aliphatic carbocycles. The van der Waals surface area contributed by atoms with E-state index in [1.54, 1.807) is 0 Å². The Balaban J connectivity index is 1.72. The molecule has 1 aliphatic rings. The average molecular weight is 389 g/mol. The Morgan fingerprint density at radius 1 is 1.07 bits per heavy atom. The number of ether oxygens (including phenoxy) is 1. The number of nitrogens with one attached hydrogen (secondary N) is 1. The lowest BCUT2D eigenvalue weighted by Gasteiger charge is -2.19. The lowest BCUT2D eigenvalue weighted by Crippen LogP contribution is -2.26. The lowest BCUT2D eigenvalue weighted by molar-refractivity contribution is 0.0600. The third kappa shape index (κ3) is 4.74. The molecule has 1 aliphatic heterocycles. The summed E-state index contributed by atoms with van der Waals surface area (Å²) in [5.74, 6) is -0.271. The van der Waals surface area contributed by atoms with Gasteiger partial charge in [-0.05, 0) is 31.0 Å². The number of hydrogen-bond donors (Lipinski definition) is 1. The van der Waals surface area contributed by atoms with E-state index in [0.717, 1.165) is 25.9 Å². The number of esters is 1. The largest absolute Gasteiger partial charge is 0.465 e. The first kappa shape index (κ1) is 19.1.